The van der Waals surface area contributed by atoms with Crippen LogP contribution in [0.15, 0.2) is 59.5 Å². The number of aliphatic hydroxyl groups excluding tert-OH is 1. The molecule has 1 unspecified atom stereocenters. The van der Waals surface area contributed by atoms with E-state index in [-0.39, 0.29) is 0 Å². The Morgan fingerprint density at radius 1 is 1.21 bits per heavy atom. The summed E-state index contributed by atoms with van der Waals surface area (Å²) in [4.78, 5) is 10.7. The van der Waals surface area contributed by atoms with Crippen molar-refractivity contribution in [2.75, 3.05) is 4.90 Å². The molecule has 0 amide bonds. The fourth-order valence-corrected chi connectivity index (χ4v) is 3.48. The lowest BCUT2D eigenvalue weighted by Gasteiger charge is -2.46. The molecule has 1 aliphatic heterocycles. The summed E-state index contributed by atoms with van der Waals surface area (Å²) in [6, 6.07) is 12.3. The van der Waals surface area contributed by atoms with Gasteiger partial charge in [0.25, 0.3) is 0 Å². The molecule has 0 fully saturated rings. The van der Waals surface area contributed by atoms with E-state index in [1.807, 2.05) is 30.9 Å². The number of aromatic nitrogens is 2. The zero-order chi connectivity index (χ0) is 19.7. The molecule has 0 bridgehead atoms. The van der Waals surface area contributed by atoms with Gasteiger partial charge in [-0.3, -0.25) is 0 Å². The second-order valence-corrected chi connectivity index (χ2v) is 7.22. The van der Waals surface area contributed by atoms with E-state index in [0.29, 0.717) is 35.1 Å². The van der Waals surface area contributed by atoms with Crippen LogP contribution in [0.5, 0.6) is 5.75 Å². The number of furan rings is 1. The summed E-state index contributed by atoms with van der Waals surface area (Å²) in [6.07, 6.45) is 4.01. The van der Waals surface area contributed by atoms with Crippen molar-refractivity contribution in [1.29, 1.82) is 5.26 Å². The maximum Gasteiger partial charge on any atom is 0.226 e. The summed E-state index contributed by atoms with van der Waals surface area (Å²) >= 11 is 0. The molecular formula is C21H20N4O3. The lowest BCUT2D eigenvalue weighted by atomic mass is 9.85. The highest BCUT2D eigenvalue weighted by atomic mass is 16.5. The summed E-state index contributed by atoms with van der Waals surface area (Å²) in [5, 5.41) is 20.6. The molecule has 0 spiro atoms. The molecule has 2 atom stereocenters. The second-order valence-electron chi connectivity index (χ2n) is 7.22. The molecule has 0 aliphatic carbocycles. The van der Waals surface area contributed by atoms with Crippen molar-refractivity contribution in [2.45, 2.75) is 38.1 Å². The number of anilines is 1. The predicted octanol–water partition coefficient (Wildman–Crippen LogP) is 3.22. The van der Waals surface area contributed by atoms with E-state index in [0.717, 1.165) is 0 Å². The van der Waals surface area contributed by atoms with Crippen LogP contribution in [0.25, 0.3) is 0 Å². The first-order chi connectivity index (χ1) is 13.5. The molecule has 0 saturated carbocycles. The quantitative estimate of drug-likeness (QED) is 0.747. The summed E-state index contributed by atoms with van der Waals surface area (Å²) in [5.41, 5.74) is 0.359. The first kappa shape index (κ1) is 18.0. The average Bonchev–Trinajstić information content (AvgIpc) is 3.21. The zero-order valence-corrected chi connectivity index (χ0v) is 15.6. The van der Waals surface area contributed by atoms with Crippen LogP contribution in [0.4, 0.5) is 5.95 Å². The van der Waals surface area contributed by atoms with Gasteiger partial charge >= 0.3 is 0 Å². The third kappa shape index (κ3) is 3.19. The molecule has 2 aromatic heterocycles. The van der Waals surface area contributed by atoms with Gasteiger partial charge in [0.1, 0.15) is 23.2 Å². The van der Waals surface area contributed by atoms with Crippen molar-refractivity contribution < 1.29 is 14.3 Å². The molecule has 1 aromatic carbocycles. The third-order valence-corrected chi connectivity index (χ3v) is 4.89. The zero-order valence-electron chi connectivity index (χ0n) is 15.6. The van der Waals surface area contributed by atoms with Gasteiger partial charge in [0.2, 0.25) is 5.95 Å². The standard InChI is InChI=1S/C21H20N4O3/c1-21(2)19(26)18(16-11-14(12-22)6-7-17(16)28-21)25(13-15-5-3-10-27-15)20-23-8-4-9-24-20/h3-11,18-19,26H,13H2,1-2H3/t18?,19-/m1/s1. The predicted molar refractivity (Wildman–Crippen MR) is 102 cm³/mol. The Hall–Kier alpha value is -3.37. The minimum Gasteiger partial charge on any atom is -0.485 e. The van der Waals surface area contributed by atoms with Crippen molar-refractivity contribution in [3.63, 3.8) is 0 Å². The van der Waals surface area contributed by atoms with E-state index in [1.165, 1.54) is 0 Å². The summed E-state index contributed by atoms with van der Waals surface area (Å²) in [5.74, 6) is 1.79. The number of nitriles is 1. The first-order valence-corrected chi connectivity index (χ1v) is 8.97. The van der Waals surface area contributed by atoms with Gasteiger partial charge in [-0.1, -0.05) is 0 Å². The average molecular weight is 376 g/mol. The molecule has 0 radical (unpaired) electrons. The van der Waals surface area contributed by atoms with Gasteiger partial charge in [-0.2, -0.15) is 5.26 Å². The van der Waals surface area contributed by atoms with E-state index in [9.17, 15) is 10.4 Å². The fraction of sp³-hybridized carbons (Fsp3) is 0.286. The van der Waals surface area contributed by atoms with E-state index in [1.54, 1.807) is 42.9 Å². The lowest BCUT2D eigenvalue weighted by molar-refractivity contribution is -0.0593. The topological polar surface area (TPSA) is 95.4 Å². The van der Waals surface area contributed by atoms with Crippen LogP contribution >= 0.6 is 0 Å². The Kier molecular flexibility index (Phi) is 4.49. The number of benzene rings is 1. The third-order valence-electron chi connectivity index (χ3n) is 4.89. The molecule has 1 N–H and O–H groups in total. The lowest BCUT2D eigenvalue weighted by Crippen LogP contribution is -2.53. The molecule has 7 nitrogen and oxygen atoms in total. The Morgan fingerprint density at radius 3 is 2.68 bits per heavy atom. The molecule has 0 saturated heterocycles. The fourth-order valence-electron chi connectivity index (χ4n) is 3.48. The summed E-state index contributed by atoms with van der Waals surface area (Å²) in [7, 11) is 0. The van der Waals surface area contributed by atoms with Gasteiger partial charge in [-0.15, -0.1) is 0 Å². The van der Waals surface area contributed by atoms with Crippen LogP contribution in [0.2, 0.25) is 0 Å². The van der Waals surface area contributed by atoms with Crippen LogP contribution in [0.1, 0.15) is 36.8 Å². The van der Waals surface area contributed by atoms with Gasteiger partial charge in [0.15, 0.2) is 0 Å². The van der Waals surface area contributed by atoms with Gasteiger partial charge in [0, 0.05) is 18.0 Å². The van der Waals surface area contributed by atoms with E-state index in [4.69, 9.17) is 9.15 Å². The van der Waals surface area contributed by atoms with Crippen molar-refractivity contribution in [1.82, 2.24) is 9.97 Å². The molecule has 7 heteroatoms. The monoisotopic (exact) mass is 376 g/mol. The Labute approximate surface area is 162 Å². The normalized spacial score (nSPS) is 19.9. The largest absolute Gasteiger partial charge is 0.485 e. The number of nitrogens with zero attached hydrogens (tertiary/aromatic N) is 4. The van der Waals surface area contributed by atoms with E-state index in [2.05, 4.69) is 16.0 Å². The van der Waals surface area contributed by atoms with Crippen LogP contribution < -0.4 is 9.64 Å². The summed E-state index contributed by atoms with van der Waals surface area (Å²) in [6.45, 7) is 4.02. The maximum atomic E-state index is 11.2. The number of rotatable bonds is 4. The van der Waals surface area contributed by atoms with E-state index < -0.39 is 17.7 Å². The van der Waals surface area contributed by atoms with E-state index >= 15 is 0 Å². The number of fused-ring (bicyclic) bond motifs is 1. The van der Waals surface area contributed by atoms with Crippen LogP contribution in [-0.2, 0) is 6.54 Å². The van der Waals surface area contributed by atoms with Crippen molar-refractivity contribution in [2.24, 2.45) is 0 Å². The van der Waals surface area contributed by atoms with Crippen LogP contribution in [-0.4, -0.2) is 26.8 Å². The number of ether oxygens (including phenoxy) is 1. The Morgan fingerprint density at radius 2 is 2.00 bits per heavy atom. The number of aliphatic hydroxyl groups is 1. The van der Waals surface area contributed by atoms with Gasteiger partial charge in [-0.25, -0.2) is 9.97 Å². The molecule has 4 rings (SSSR count). The molecule has 1 aliphatic rings. The second kappa shape index (κ2) is 6.98. The SMILES string of the molecule is CC1(C)Oc2ccc(C#N)cc2C(N(Cc2ccco2)c2ncccn2)[C@H]1O. The van der Waals surface area contributed by atoms with Crippen LogP contribution in [0, 0.1) is 11.3 Å². The Bertz CT molecular complexity index is 996. The number of hydrogen-bond acceptors (Lipinski definition) is 7. The molecular weight excluding hydrogens is 356 g/mol. The van der Waals surface area contributed by atoms with Gasteiger partial charge < -0.3 is 19.2 Å². The molecule has 3 aromatic rings. The van der Waals surface area contributed by atoms with Crippen molar-refractivity contribution >= 4 is 5.95 Å². The minimum absolute atomic E-state index is 0.352. The Balaban J connectivity index is 1.87. The molecule has 3 heterocycles. The van der Waals surface area contributed by atoms with Crippen molar-refractivity contribution in [3.05, 3.63) is 71.9 Å². The van der Waals surface area contributed by atoms with Crippen LogP contribution in [0.3, 0.4) is 0 Å². The first-order valence-electron chi connectivity index (χ1n) is 8.97. The highest BCUT2D eigenvalue weighted by molar-refractivity contribution is 5.50. The van der Waals surface area contributed by atoms with Gasteiger partial charge in [0.05, 0.1) is 30.5 Å². The van der Waals surface area contributed by atoms with Crippen molar-refractivity contribution in [3.8, 4) is 11.8 Å². The highest BCUT2D eigenvalue weighted by Crippen LogP contribution is 2.44. The number of hydrogen-bond donors (Lipinski definition) is 1. The van der Waals surface area contributed by atoms with Gasteiger partial charge in [-0.05, 0) is 50.2 Å². The maximum absolute atomic E-state index is 11.2. The molecule has 142 valence electrons. The minimum atomic E-state index is -0.896. The molecule has 28 heavy (non-hydrogen) atoms. The summed E-state index contributed by atoms with van der Waals surface area (Å²) < 4.78 is 11.6. The smallest absolute Gasteiger partial charge is 0.226 e. The highest BCUT2D eigenvalue weighted by Gasteiger charge is 2.46.